The summed E-state index contributed by atoms with van der Waals surface area (Å²) in [7, 11) is 0. The van der Waals surface area contributed by atoms with E-state index >= 15 is 0 Å². The van der Waals surface area contributed by atoms with E-state index in [0.29, 0.717) is 16.0 Å². The fraction of sp³-hybridized carbons (Fsp3) is 0.0769. The van der Waals surface area contributed by atoms with Gasteiger partial charge in [0.15, 0.2) is 4.67 Å². The number of carbonyl (C=O) groups is 1. The number of hydrogen-bond donors (Lipinski definition) is 1. The molecule has 0 radical (unpaired) electrons. The van der Waals surface area contributed by atoms with Gasteiger partial charge < -0.3 is 4.42 Å². The normalized spacial score (nSPS) is 10.8. The van der Waals surface area contributed by atoms with E-state index in [1.54, 1.807) is 24.3 Å². The van der Waals surface area contributed by atoms with Crippen LogP contribution in [0.1, 0.15) is 21.7 Å². The van der Waals surface area contributed by atoms with Crippen LogP contribution >= 0.6 is 15.9 Å². The molecule has 0 spiro atoms. The van der Waals surface area contributed by atoms with E-state index in [4.69, 9.17) is 4.42 Å². The Morgan fingerprint density at radius 2 is 2.00 bits per heavy atom. The van der Waals surface area contributed by atoms with Gasteiger partial charge in [0.2, 0.25) is 0 Å². The lowest BCUT2D eigenvalue weighted by Crippen LogP contribution is -2.17. The Bertz CT molecular complexity index is 573. The third kappa shape index (κ3) is 3.30. The molecule has 4 nitrogen and oxygen atoms in total. The quantitative estimate of drug-likeness (QED) is 0.699. The molecule has 92 valence electrons. The van der Waals surface area contributed by atoms with Gasteiger partial charge in [-0.2, -0.15) is 5.10 Å². The molecule has 0 saturated heterocycles. The van der Waals surface area contributed by atoms with E-state index in [9.17, 15) is 4.79 Å². The van der Waals surface area contributed by atoms with Gasteiger partial charge in [0.25, 0.3) is 5.91 Å². The van der Waals surface area contributed by atoms with Crippen molar-refractivity contribution in [2.75, 3.05) is 0 Å². The largest absolute Gasteiger partial charge is 0.448 e. The SMILES string of the molecule is Cc1ccc(C(=O)NN=Cc2ccc(Br)o2)cc1. The Labute approximate surface area is 113 Å². The topological polar surface area (TPSA) is 54.6 Å². The molecule has 1 N–H and O–H groups in total. The zero-order valence-electron chi connectivity index (χ0n) is 9.68. The predicted octanol–water partition coefficient (Wildman–Crippen LogP) is 3.11. The fourth-order valence-corrected chi connectivity index (χ4v) is 1.64. The van der Waals surface area contributed by atoms with Crippen LogP contribution in [0.4, 0.5) is 0 Å². The van der Waals surface area contributed by atoms with Crippen molar-refractivity contribution in [3.8, 4) is 0 Å². The molecule has 0 unspecified atom stereocenters. The number of hydrazone groups is 1. The van der Waals surface area contributed by atoms with Gasteiger partial charge in [0.05, 0.1) is 6.21 Å². The average Bonchev–Trinajstić information content (AvgIpc) is 2.76. The molecule has 0 fully saturated rings. The molecule has 18 heavy (non-hydrogen) atoms. The summed E-state index contributed by atoms with van der Waals surface area (Å²) in [4.78, 5) is 11.7. The summed E-state index contributed by atoms with van der Waals surface area (Å²) in [6.45, 7) is 1.97. The van der Waals surface area contributed by atoms with E-state index < -0.39 is 0 Å². The van der Waals surface area contributed by atoms with E-state index in [2.05, 4.69) is 26.5 Å². The van der Waals surface area contributed by atoms with Crippen molar-refractivity contribution in [2.45, 2.75) is 6.92 Å². The molecular weight excluding hydrogens is 296 g/mol. The van der Waals surface area contributed by atoms with Crippen LogP contribution < -0.4 is 5.43 Å². The van der Waals surface area contributed by atoms with Crippen molar-refractivity contribution >= 4 is 28.1 Å². The van der Waals surface area contributed by atoms with Crippen molar-refractivity contribution < 1.29 is 9.21 Å². The van der Waals surface area contributed by atoms with Crippen LogP contribution in [-0.2, 0) is 0 Å². The first-order chi connectivity index (χ1) is 8.65. The molecule has 0 bridgehead atoms. The summed E-state index contributed by atoms with van der Waals surface area (Å²) in [5, 5.41) is 3.81. The highest BCUT2D eigenvalue weighted by Gasteiger charge is 2.02. The van der Waals surface area contributed by atoms with E-state index in [0.717, 1.165) is 5.56 Å². The highest BCUT2D eigenvalue weighted by molar-refractivity contribution is 9.10. The second-order valence-electron chi connectivity index (χ2n) is 3.71. The molecule has 0 saturated carbocycles. The summed E-state index contributed by atoms with van der Waals surface area (Å²) in [5.74, 6) is 0.308. The Kier molecular flexibility index (Phi) is 3.94. The monoisotopic (exact) mass is 306 g/mol. The maximum absolute atomic E-state index is 11.7. The van der Waals surface area contributed by atoms with Crippen LogP contribution in [0.25, 0.3) is 0 Å². The number of halogens is 1. The van der Waals surface area contributed by atoms with Crippen molar-refractivity contribution in [3.63, 3.8) is 0 Å². The first-order valence-corrected chi connectivity index (χ1v) is 6.10. The maximum Gasteiger partial charge on any atom is 0.271 e. The van der Waals surface area contributed by atoms with Gasteiger partial charge in [-0.25, -0.2) is 5.43 Å². The number of furan rings is 1. The Balaban J connectivity index is 1.96. The minimum atomic E-state index is -0.253. The first-order valence-electron chi connectivity index (χ1n) is 5.30. The minimum absolute atomic E-state index is 0.253. The summed E-state index contributed by atoms with van der Waals surface area (Å²) in [6.07, 6.45) is 1.44. The molecular formula is C13H11BrN2O2. The molecule has 0 atom stereocenters. The molecule has 5 heteroatoms. The van der Waals surface area contributed by atoms with E-state index in [1.807, 2.05) is 19.1 Å². The third-order valence-electron chi connectivity index (χ3n) is 2.27. The van der Waals surface area contributed by atoms with Crippen LogP contribution in [0.5, 0.6) is 0 Å². The lowest BCUT2D eigenvalue weighted by atomic mass is 10.1. The second kappa shape index (κ2) is 5.64. The van der Waals surface area contributed by atoms with Crippen molar-refractivity contribution in [1.82, 2.24) is 5.43 Å². The predicted molar refractivity (Wildman–Crippen MR) is 72.6 cm³/mol. The average molecular weight is 307 g/mol. The zero-order valence-corrected chi connectivity index (χ0v) is 11.3. The fourth-order valence-electron chi connectivity index (χ4n) is 1.32. The lowest BCUT2D eigenvalue weighted by Gasteiger charge is -1.99. The van der Waals surface area contributed by atoms with Crippen LogP contribution in [0.3, 0.4) is 0 Å². The molecule has 0 aliphatic heterocycles. The van der Waals surface area contributed by atoms with Gasteiger partial charge in [-0.1, -0.05) is 17.7 Å². The van der Waals surface area contributed by atoms with Gasteiger partial charge >= 0.3 is 0 Å². The summed E-state index contributed by atoms with van der Waals surface area (Å²) >= 11 is 3.18. The lowest BCUT2D eigenvalue weighted by molar-refractivity contribution is 0.0955. The molecule has 1 aromatic carbocycles. The number of nitrogens with zero attached hydrogens (tertiary/aromatic N) is 1. The zero-order chi connectivity index (χ0) is 13.0. The van der Waals surface area contributed by atoms with Gasteiger partial charge in [-0.05, 0) is 47.1 Å². The van der Waals surface area contributed by atoms with Crippen molar-refractivity contribution in [3.05, 3.63) is 58.0 Å². The standard InChI is InChI=1S/C13H11BrN2O2/c1-9-2-4-10(5-3-9)13(17)16-15-8-11-6-7-12(14)18-11/h2-8H,1H3,(H,16,17). The van der Waals surface area contributed by atoms with Crippen LogP contribution in [0.2, 0.25) is 0 Å². The molecule has 1 heterocycles. The molecule has 2 rings (SSSR count). The number of nitrogens with one attached hydrogen (secondary N) is 1. The number of hydrogen-bond acceptors (Lipinski definition) is 3. The summed E-state index contributed by atoms with van der Waals surface area (Å²) in [5.41, 5.74) is 4.11. The van der Waals surface area contributed by atoms with Gasteiger partial charge in [-0.3, -0.25) is 4.79 Å². The number of carbonyl (C=O) groups excluding carboxylic acids is 1. The van der Waals surface area contributed by atoms with Gasteiger partial charge in [0.1, 0.15) is 5.76 Å². The first kappa shape index (κ1) is 12.6. The van der Waals surface area contributed by atoms with E-state index in [1.165, 1.54) is 6.21 Å². The van der Waals surface area contributed by atoms with Crippen LogP contribution in [0.15, 0.2) is 50.6 Å². The highest BCUT2D eigenvalue weighted by Crippen LogP contribution is 2.12. The number of amides is 1. The van der Waals surface area contributed by atoms with Crippen LogP contribution in [0, 0.1) is 6.92 Å². The Morgan fingerprint density at radius 3 is 2.61 bits per heavy atom. The molecule has 2 aromatic rings. The smallest absolute Gasteiger partial charge is 0.271 e. The van der Waals surface area contributed by atoms with Crippen molar-refractivity contribution in [1.29, 1.82) is 0 Å². The number of rotatable bonds is 3. The molecule has 1 amide bonds. The summed E-state index contributed by atoms with van der Waals surface area (Å²) < 4.78 is 5.82. The second-order valence-corrected chi connectivity index (χ2v) is 4.49. The number of aryl methyl sites for hydroxylation is 1. The molecule has 1 aromatic heterocycles. The van der Waals surface area contributed by atoms with Gasteiger partial charge in [-0.15, -0.1) is 0 Å². The van der Waals surface area contributed by atoms with Crippen molar-refractivity contribution in [2.24, 2.45) is 5.10 Å². The van der Waals surface area contributed by atoms with Crippen LogP contribution in [-0.4, -0.2) is 12.1 Å². The summed E-state index contributed by atoms with van der Waals surface area (Å²) in [6, 6.07) is 10.8. The third-order valence-corrected chi connectivity index (χ3v) is 2.69. The van der Waals surface area contributed by atoms with Gasteiger partial charge in [0, 0.05) is 5.56 Å². The highest BCUT2D eigenvalue weighted by atomic mass is 79.9. The molecule has 0 aliphatic carbocycles. The molecule has 0 aliphatic rings. The number of benzene rings is 1. The minimum Gasteiger partial charge on any atom is -0.448 e. The maximum atomic E-state index is 11.7. The Morgan fingerprint density at radius 1 is 1.28 bits per heavy atom. The Hall–Kier alpha value is -1.88. The van der Waals surface area contributed by atoms with E-state index in [-0.39, 0.29) is 5.91 Å².